The molecular weight excluding hydrogens is 377 g/mol. The lowest BCUT2D eigenvalue weighted by molar-refractivity contribution is -0.255. The maximum absolute atomic E-state index is 14.1. The van der Waals surface area contributed by atoms with Crippen LogP contribution in [0.5, 0.6) is 0 Å². The topological polar surface area (TPSA) is 81.7 Å². The van der Waals surface area contributed by atoms with Crippen molar-refractivity contribution in [2.24, 2.45) is 0 Å². The van der Waals surface area contributed by atoms with Crippen LogP contribution < -0.4 is 5.11 Å². The van der Waals surface area contributed by atoms with Gasteiger partial charge in [-0.15, -0.1) is 0 Å². The second kappa shape index (κ2) is 7.66. The molecule has 0 bridgehead atoms. The smallest absolute Gasteiger partial charge is 0.137 e. The Balaban J connectivity index is 1.64. The number of aromatic amines is 1. The minimum absolute atomic E-state index is 0.0247. The van der Waals surface area contributed by atoms with Crippen LogP contribution in [0.1, 0.15) is 21.7 Å². The summed E-state index contributed by atoms with van der Waals surface area (Å²) in [6, 6.07) is 15.0. The molecule has 0 spiro atoms. The van der Waals surface area contributed by atoms with Gasteiger partial charge in [-0.25, -0.2) is 4.39 Å². The highest BCUT2D eigenvalue weighted by molar-refractivity contribution is 7.99. The molecule has 7 heteroatoms. The summed E-state index contributed by atoms with van der Waals surface area (Å²) in [7, 11) is 0. The molecule has 2 heterocycles. The third-order valence-electron chi connectivity index (χ3n) is 4.07. The number of carbonyl (C=O) groups is 1. The van der Waals surface area contributed by atoms with E-state index in [0.29, 0.717) is 4.90 Å². The van der Waals surface area contributed by atoms with E-state index in [1.807, 2.05) is 36.4 Å². The van der Waals surface area contributed by atoms with Gasteiger partial charge in [-0.3, -0.25) is 10.1 Å². The van der Waals surface area contributed by atoms with E-state index in [-0.39, 0.29) is 10.5 Å². The summed E-state index contributed by atoms with van der Waals surface area (Å²) in [5.74, 6) is -2.01. The van der Waals surface area contributed by atoms with Gasteiger partial charge < -0.3 is 9.90 Å². The largest absolute Gasteiger partial charge is 0.545 e. The molecule has 4 aromatic rings. The minimum atomic E-state index is -1.41. The summed E-state index contributed by atoms with van der Waals surface area (Å²) >= 11 is 1.03. The van der Waals surface area contributed by atoms with Crippen molar-refractivity contribution in [1.29, 1.82) is 0 Å². The number of fused-ring (bicyclic) bond motifs is 1. The number of carboxylic acids is 1. The van der Waals surface area contributed by atoms with Gasteiger partial charge in [0.2, 0.25) is 0 Å². The first-order valence-corrected chi connectivity index (χ1v) is 9.18. The molecule has 0 saturated heterocycles. The van der Waals surface area contributed by atoms with Crippen molar-refractivity contribution in [3.8, 4) is 0 Å². The lowest BCUT2D eigenvalue weighted by atomic mass is 10.2. The lowest BCUT2D eigenvalue weighted by Crippen LogP contribution is -2.23. The van der Waals surface area contributed by atoms with E-state index in [2.05, 4.69) is 15.2 Å². The Labute approximate surface area is 163 Å². The first-order valence-electron chi connectivity index (χ1n) is 8.37. The standard InChI is InChI=1S/C21H14FN3O2S/c22-17-6-3-5-16(21(26)27)20(17)28-14-8-9-15-18(24-25-19(15)12-14)10-7-13-4-1-2-11-23-13/h1-12H,(H,24,25)(H,26,27)/p-1/b10-7+. The molecule has 28 heavy (non-hydrogen) atoms. The van der Waals surface area contributed by atoms with Gasteiger partial charge in [0.25, 0.3) is 0 Å². The van der Waals surface area contributed by atoms with Crippen LogP contribution in [0, 0.1) is 5.82 Å². The van der Waals surface area contributed by atoms with Gasteiger partial charge in [-0.05, 0) is 48.6 Å². The average molecular weight is 390 g/mol. The summed E-state index contributed by atoms with van der Waals surface area (Å²) in [4.78, 5) is 16.2. The minimum Gasteiger partial charge on any atom is -0.545 e. The van der Waals surface area contributed by atoms with Crippen LogP contribution in [-0.2, 0) is 0 Å². The molecule has 0 amide bonds. The van der Waals surface area contributed by atoms with Crippen molar-refractivity contribution in [2.45, 2.75) is 9.79 Å². The molecule has 0 aliphatic heterocycles. The zero-order valence-corrected chi connectivity index (χ0v) is 15.2. The Morgan fingerprint density at radius 3 is 2.79 bits per heavy atom. The van der Waals surface area contributed by atoms with E-state index in [1.54, 1.807) is 18.3 Å². The number of carbonyl (C=O) groups excluding carboxylic acids is 1. The third-order valence-corrected chi connectivity index (χ3v) is 5.18. The van der Waals surface area contributed by atoms with E-state index >= 15 is 0 Å². The Hall–Kier alpha value is -3.45. The summed E-state index contributed by atoms with van der Waals surface area (Å²) in [5.41, 5.74) is 2.16. The maximum atomic E-state index is 14.1. The van der Waals surface area contributed by atoms with E-state index in [1.165, 1.54) is 18.2 Å². The van der Waals surface area contributed by atoms with Gasteiger partial charge in [0.05, 0.1) is 27.8 Å². The fourth-order valence-electron chi connectivity index (χ4n) is 2.74. The summed E-state index contributed by atoms with van der Waals surface area (Å²) in [6.07, 6.45) is 5.44. The Bertz CT molecular complexity index is 1190. The quantitative estimate of drug-likeness (QED) is 0.561. The molecule has 0 unspecified atom stereocenters. The average Bonchev–Trinajstić information content (AvgIpc) is 3.11. The Kier molecular flexibility index (Phi) is 4.90. The van der Waals surface area contributed by atoms with Crippen LogP contribution in [0.3, 0.4) is 0 Å². The van der Waals surface area contributed by atoms with Gasteiger partial charge in [-0.1, -0.05) is 30.0 Å². The fraction of sp³-hybridized carbons (Fsp3) is 0. The molecule has 0 aliphatic carbocycles. The summed E-state index contributed by atoms with van der Waals surface area (Å²) in [5, 5.41) is 19.4. The monoisotopic (exact) mass is 390 g/mol. The molecule has 4 rings (SSSR count). The van der Waals surface area contributed by atoms with E-state index in [0.717, 1.165) is 34.1 Å². The normalized spacial score (nSPS) is 11.3. The highest BCUT2D eigenvalue weighted by atomic mass is 32.2. The van der Waals surface area contributed by atoms with Gasteiger partial charge >= 0.3 is 0 Å². The number of halogens is 1. The highest BCUT2D eigenvalue weighted by Crippen LogP contribution is 2.34. The van der Waals surface area contributed by atoms with Crippen molar-refractivity contribution < 1.29 is 14.3 Å². The molecule has 0 radical (unpaired) electrons. The van der Waals surface area contributed by atoms with Crippen molar-refractivity contribution in [1.82, 2.24) is 15.2 Å². The molecule has 0 atom stereocenters. The number of aromatic nitrogens is 3. The number of H-pyrrole nitrogens is 1. The molecule has 0 fully saturated rings. The van der Waals surface area contributed by atoms with E-state index in [4.69, 9.17) is 0 Å². The van der Waals surface area contributed by atoms with Crippen LogP contribution >= 0.6 is 11.8 Å². The van der Waals surface area contributed by atoms with Crippen LogP contribution in [0.2, 0.25) is 0 Å². The highest BCUT2D eigenvalue weighted by Gasteiger charge is 2.12. The lowest BCUT2D eigenvalue weighted by Gasteiger charge is -2.10. The fourth-order valence-corrected chi connectivity index (χ4v) is 3.72. The number of rotatable bonds is 5. The van der Waals surface area contributed by atoms with Gasteiger partial charge in [0.15, 0.2) is 0 Å². The Morgan fingerprint density at radius 1 is 1.11 bits per heavy atom. The van der Waals surface area contributed by atoms with Crippen LogP contribution in [-0.4, -0.2) is 21.2 Å². The van der Waals surface area contributed by atoms with Crippen LogP contribution in [0.4, 0.5) is 4.39 Å². The zero-order valence-electron chi connectivity index (χ0n) is 14.4. The van der Waals surface area contributed by atoms with Gasteiger partial charge in [-0.2, -0.15) is 5.10 Å². The number of hydrogen-bond acceptors (Lipinski definition) is 5. The number of carboxylic acid groups (broad SMARTS) is 1. The summed E-state index contributed by atoms with van der Waals surface area (Å²) < 4.78 is 14.1. The zero-order chi connectivity index (χ0) is 19.5. The second-order valence-electron chi connectivity index (χ2n) is 5.91. The predicted octanol–water partition coefficient (Wildman–Crippen LogP) is 3.78. The van der Waals surface area contributed by atoms with E-state index < -0.39 is 11.8 Å². The first-order chi connectivity index (χ1) is 13.6. The molecule has 0 aliphatic rings. The number of benzene rings is 2. The van der Waals surface area contributed by atoms with Crippen LogP contribution in [0.15, 0.2) is 70.6 Å². The predicted molar refractivity (Wildman–Crippen MR) is 104 cm³/mol. The molecule has 2 aromatic heterocycles. The SMILES string of the molecule is O=C([O-])c1cccc(F)c1Sc1ccc2c(/C=C/c3ccccn3)n[nH]c2c1. The van der Waals surface area contributed by atoms with Crippen molar-refractivity contribution in [3.05, 3.63) is 83.6 Å². The molecule has 5 nitrogen and oxygen atoms in total. The number of aromatic carboxylic acids is 1. The van der Waals surface area contributed by atoms with Crippen LogP contribution in [0.25, 0.3) is 23.1 Å². The van der Waals surface area contributed by atoms with Gasteiger partial charge in [0, 0.05) is 22.0 Å². The maximum Gasteiger partial charge on any atom is 0.137 e. The summed E-state index contributed by atoms with van der Waals surface area (Å²) in [6.45, 7) is 0. The van der Waals surface area contributed by atoms with E-state index in [9.17, 15) is 14.3 Å². The number of pyridine rings is 1. The first kappa shape index (κ1) is 17.9. The molecule has 138 valence electrons. The molecule has 0 saturated carbocycles. The molecule has 1 N–H and O–H groups in total. The molecule has 2 aromatic carbocycles. The van der Waals surface area contributed by atoms with Gasteiger partial charge in [0.1, 0.15) is 5.82 Å². The Morgan fingerprint density at radius 2 is 2.00 bits per heavy atom. The van der Waals surface area contributed by atoms with Crippen molar-refractivity contribution in [3.63, 3.8) is 0 Å². The second-order valence-corrected chi connectivity index (χ2v) is 6.99. The number of nitrogens with one attached hydrogen (secondary N) is 1. The number of hydrogen-bond donors (Lipinski definition) is 1. The number of nitrogens with zero attached hydrogens (tertiary/aromatic N) is 2. The van der Waals surface area contributed by atoms with Crippen molar-refractivity contribution >= 4 is 40.8 Å². The molecular formula is C21H13FN3O2S-. The van der Waals surface area contributed by atoms with Crippen molar-refractivity contribution in [2.75, 3.05) is 0 Å². The third kappa shape index (κ3) is 3.65.